The number of morpholine rings is 1. The number of ether oxygens (including phenoxy) is 1. The predicted molar refractivity (Wildman–Crippen MR) is 108 cm³/mol. The van der Waals surface area contributed by atoms with Gasteiger partial charge in [0, 0.05) is 37.3 Å². The maximum absolute atomic E-state index is 12.8. The zero-order chi connectivity index (χ0) is 19.8. The Morgan fingerprint density at radius 2 is 1.79 bits per heavy atom. The van der Waals surface area contributed by atoms with Gasteiger partial charge < -0.3 is 10.1 Å². The first-order valence-corrected chi connectivity index (χ1v) is 9.75. The van der Waals surface area contributed by atoms with E-state index in [0.717, 1.165) is 38.4 Å². The lowest BCUT2D eigenvalue weighted by Crippen LogP contribution is -2.41. The Hall–Kier alpha value is -3.16. The molecule has 1 aliphatic heterocycles. The van der Waals surface area contributed by atoms with E-state index in [9.17, 15) is 9.59 Å². The van der Waals surface area contributed by atoms with E-state index in [4.69, 9.17) is 9.72 Å². The number of amides is 1. The fraction of sp³-hybridized carbons (Fsp3) is 0.273. The van der Waals surface area contributed by atoms with Gasteiger partial charge in [-0.3, -0.25) is 14.5 Å². The summed E-state index contributed by atoms with van der Waals surface area (Å²) in [5, 5.41) is 2.98. The van der Waals surface area contributed by atoms with Crippen LogP contribution in [-0.2, 0) is 4.74 Å². The molecule has 2 aliphatic rings. The van der Waals surface area contributed by atoms with Gasteiger partial charge >= 0.3 is 0 Å². The SMILES string of the molecule is O=C1c2ccccc2-c2nc3c(C(=O)NCCN4CCOCC4)cccc3nc21. The second-order valence-electron chi connectivity index (χ2n) is 7.18. The molecule has 1 saturated heterocycles. The number of nitrogens with zero attached hydrogens (tertiary/aromatic N) is 3. The summed E-state index contributed by atoms with van der Waals surface area (Å²) in [5.41, 5.74) is 3.80. The molecule has 0 saturated carbocycles. The van der Waals surface area contributed by atoms with Gasteiger partial charge in [-0.25, -0.2) is 9.97 Å². The lowest BCUT2D eigenvalue weighted by Gasteiger charge is -2.26. The molecule has 5 rings (SSSR count). The van der Waals surface area contributed by atoms with Crippen LogP contribution in [0.4, 0.5) is 0 Å². The Bertz CT molecular complexity index is 1120. The number of benzene rings is 2. The second-order valence-corrected chi connectivity index (χ2v) is 7.18. The highest BCUT2D eigenvalue weighted by atomic mass is 16.5. The van der Waals surface area contributed by atoms with Crippen LogP contribution in [0.3, 0.4) is 0 Å². The highest BCUT2D eigenvalue weighted by molar-refractivity contribution is 6.20. The summed E-state index contributed by atoms with van der Waals surface area (Å²) in [5.74, 6) is -0.305. The summed E-state index contributed by atoms with van der Waals surface area (Å²) < 4.78 is 5.35. The monoisotopic (exact) mass is 388 g/mol. The number of carbonyl (C=O) groups is 2. The van der Waals surface area contributed by atoms with Crippen LogP contribution in [0.1, 0.15) is 26.4 Å². The van der Waals surface area contributed by atoms with E-state index in [1.807, 2.05) is 18.2 Å². The van der Waals surface area contributed by atoms with E-state index in [0.29, 0.717) is 40.1 Å². The van der Waals surface area contributed by atoms with Crippen LogP contribution in [0, 0.1) is 0 Å². The van der Waals surface area contributed by atoms with Crippen molar-refractivity contribution >= 4 is 22.7 Å². The van der Waals surface area contributed by atoms with Gasteiger partial charge in [0.1, 0.15) is 16.9 Å². The van der Waals surface area contributed by atoms with Crippen LogP contribution in [-0.4, -0.2) is 66.0 Å². The third kappa shape index (κ3) is 3.18. The quantitative estimate of drug-likeness (QED) is 0.575. The third-order valence-corrected chi connectivity index (χ3v) is 5.40. The van der Waals surface area contributed by atoms with E-state index in [1.165, 1.54) is 0 Å². The largest absolute Gasteiger partial charge is 0.379 e. The molecule has 1 fully saturated rings. The van der Waals surface area contributed by atoms with Crippen molar-refractivity contribution in [3.8, 4) is 11.3 Å². The Balaban J connectivity index is 1.43. The van der Waals surface area contributed by atoms with Gasteiger partial charge in [-0.05, 0) is 12.1 Å². The number of para-hydroxylation sites is 1. The molecule has 0 radical (unpaired) electrons. The average Bonchev–Trinajstić information content (AvgIpc) is 3.04. The summed E-state index contributed by atoms with van der Waals surface area (Å²) in [7, 11) is 0. The first-order valence-electron chi connectivity index (χ1n) is 9.75. The summed E-state index contributed by atoms with van der Waals surface area (Å²) in [6.45, 7) is 4.57. The molecule has 1 aromatic heterocycles. The van der Waals surface area contributed by atoms with Gasteiger partial charge in [0.15, 0.2) is 0 Å². The zero-order valence-corrected chi connectivity index (χ0v) is 15.9. The van der Waals surface area contributed by atoms with Crippen molar-refractivity contribution in [1.82, 2.24) is 20.2 Å². The van der Waals surface area contributed by atoms with E-state index >= 15 is 0 Å². The number of aromatic nitrogens is 2. The molecule has 2 aromatic carbocycles. The topological polar surface area (TPSA) is 84.4 Å². The van der Waals surface area contributed by atoms with Crippen LogP contribution in [0.15, 0.2) is 42.5 Å². The van der Waals surface area contributed by atoms with Crippen molar-refractivity contribution in [3.63, 3.8) is 0 Å². The van der Waals surface area contributed by atoms with Crippen LogP contribution >= 0.6 is 0 Å². The molecule has 7 nitrogen and oxygen atoms in total. The van der Waals surface area contributed by atoms with Gasteiger partial charge in [-0.2, -0.15) is 0 Å². The number of carbonyl (C=O) groups excluding carboxylic acids is 2. The van der Waals surface area contributed by atoms with Crippen molar-refractivity contribution in [1.29, 1.82) is 0 Å². The lowest BCUT2D eigenvalue weighted by molar-refractivity contribution is 0.0383. The van der Waals surface area contributed by atoms with E-state index in [1.54, 1.807) is 24.3 Å². The van der Waals surface area contributed by atoms with Gasteiger partial charge in [-0.1, -0.05) is 30.3 Å². The van der Waals surface area contributed by atoms with Crippen molar-refractivity contribution in [2.24, 2.45) is 0 Å². The molecule has 1 aliphatic carbocycles. The normalized spacial score (nSPS) is 15.9. The maximum atomic E-state index is 12.8. The van der Waals surface area contributed by atoms with Gasteiger partial charge in [0.25, 0.3) is 5.91 Å². The molecule has 1 N–H and O–H groups in total. The van der Waals surface area contributed by atoms with Gasteiger partial charge in [0.2, 0.25) is 5.78 Å². The Morgan fingerprint density at radius 1 is 1.00 bits per heavy atom. The van der Waals surface area contributed by atoms with Crippen molar-refractivity contribution in [3.05, 3.63) is 59.3 Å². The summed E-state index contributed by atoms with van der Waals surface area (Å²) in [6.07, 6.45) is 0. The second kappa shape index (κ2) is 7.35. The highest BCUT2D eigenvalue weighted by Gasteiger charge is 2.30. The predicted octanol–water partition coefficient (Wildman–Crippen LogP) is 1.90. The zero-order valence-electron chi connectivity index (χ0n) is 15.9. The summed E-state index contributed by atoms with van der Waals surface area (Å²) in [6, 6.07) is 12.6. The molecule has 0 spiro atoms. The van der Waals surface area contributed by atoms with Crippen molar-refractivity contribution in [2.75, 3.05) is 39.4 Å². The Morgan fingerprint density at radius 3 is 2.62 bits per heavy atom. The van der Waals surface area contributed by atoms with Crippen LogP contribution < -0.4 is 5.32 Å². The lowest BCUT2D eigenvalue weighted by atomic mass is 10.1. The first kappa shape index (κ1) is 17.9. The smallest absolute Gasteiger partial charge is 0.253 e. The molecular weight excluding hydrogens is 368 g/mol. The maximum Gasteiger partial charge on any atom is 0.253 e. The highest BCUT2D eigenvalue weighted by Crippen LogP contribution is 2.35. The minimum atomic E-state index is -0.185. The summed E-state index contributed by atoms with van der Waals surface area (Å²) in [4.78, 5) is 37.0. The molecule has 1 amide bonds. The first-order chi connectivity index (χ1) is 14.2. The standard InChI is InChI=1S/C22H20N4O3/c27-21-15-5-2-1-4-14(15)19-20(21)24-17-7-3-6-16(18(17)25-19)22(28)23-8-9-26-10-12-29-13-11-26/h1-7H,8-13H2,(H,23,28). The van der Waals surface area contributed by atoms with E-state index in [-0.39, 0.29) is 11.7 Å². The third-order valence-electron chi connectivity index (χ3n) is 5.40. The van der Waals surface area contributed by atoms with Crippen molar-refractivity contribution in [2.45, 2.75) is 0 Å². The fourth-order valence-electron chi connectivity index (χ4n) is 3.87. The molecule has 7 heteroatoms. The summed E-state index contributed by atoms with van der Waals surface area (Å²) >= 11 is 0. The number of ketones is 1. The number of hydrogen-bond donors (Lipinski definition) is 1. The molecule has 3 aromatic rings. The van der Waals surface area contributed by atoms with Crippen LogP contribution in [0.5, 0.6) is 0 Å². The fourth-order valence-corrected chi connectivity index (χ4v) is 3.87. The molecule has 0 atom stereocenters. The van der Waals surface area contributed by atoms with E-state index in [2.05, 4.69) is 15.2 Å². The molecular formula is C22H20N4O3. The van der Waals surface area contributed by atoms with Gasteiger partial charge in [-0.15, -0.1) is 0 Å². The van der Waals surface area contributed by atoms with Crippen molar-refractivity contribution < 1.29 is 14.3 Å². The molecule has 146 valence electrons. The Labute approximate surface area is 167 Å². The average molecular weight is 388 g/mol. The number of hydrogen-bond acceptors (Lipinski definition) is 6. The number of rotatable bonds is 4. The van der Waals surface area contributed by atoms with E-state index < -0.39 is 0 Å². The number of fused-ring (bicyclic) bond motifs is 4. The minimum absolute atomic E-state index is 0.120. The molecule has 2 heterocycles. The molecule has 0 unspecified atom stereocenters. The van der Waals surface area contributed by atoms with Crippen LogP contribution in [0.2, 0.25) is 0 Å². The Kier molecular flexibility index (Phi) is 4.54. The van der Waals surface area contributed by atoms with Gasteiger partial charge in [0.05, 0.1) is 24.3 Å². The van der Waals surface area contributed by atoms with Crippen LogP contribution in [0.25, 0.3) is 22.3 Å². The number of nitrogens with one attached hydrogen (secondary N) is 1. The molecule has 0 bridgehead atoms. The molecule has 29 heavy (non-hydrogen) atoms. The minimum Gasteiger partial charge on any atom is -0.379 e.